The first kappa shape index (κ1) is 27.0. The molecule has 0 aromatic heterocycles. The Morgan fingerprint density at radius 1 is 1.11 bits per heavy atom. The molecular formula is C26H32ClNO6S. The summed E-state index contributed by atoms with van der Waals surface area (Å²) in [6, 6.07) is 12.3. The first-order chi connectivity index (χ1) is 16.5. The summed E-state index contributed by atoms with van der Waals surface area (Å²) in [7, 11) is -2.65. The van der Waals surface area contributed by atoms with Gasteiger partial charge in [0.05, 0.1) is 16.3 Å². The molecule has 9 heteroatoms. The van der Waals surface area contributed by atoms with Crippen LogP contribution in [0.5, 0.6) is 0 Å². The summed E-state index contributed by atoms with van der Waals surface area (Å²) in [5.74, 6) is -0.333. The van der Waals surface area contributed by atoms with Crippen LogP contribution in [0.1, 0.15) is 50.4 Å². The second-order valence-corrected chi connectivity index (χ2v) is 11.7. The van der Waals surface area contributed by atoms with E-state index >= 15 is 0 Å². The largest absolute Gasteiger partial charge is 0.460 e. The zero-order valence-corrected chi connectivity index (χ0v) is 22.0. The minimum Gasteiger partial charge on any atom is -0.460 e. The average Bonchev–Trinajstić information content (AvgIpc) is 2.82. The van der Waals surface area contributed by atoms with E-state index in [9.17, 15) is 18.0 Å². The van der Waals surface area contributed by atoms with Crippen LogP contribution in [-0.2, 0) is 24.3 Å². The molecule has 1 aliphatic carbocycles. The highest BCUT2D eigenvalue weighted by Crippen LogP contribution is 2.35. The van der Waals surface area contributed by atoms with Crippen molar-refractivity contribution in [3.8, 4) is 0 Å². The molecule has 0 bridgehead atoms. The highest BCUT2D eigenvalue weighted by Gasteiger charge is 2.33. The third-order valence-electron chi connectivity index (χ3n) is 6.49. The summed E-state index contributed by atoms with van der Waals surface area (Å²) in [5.41, 5.74) is 0.407. The maximum Gasteiger partial charge on any atom is 0.344 e. The Hall–Kier alpha value is -2.58. The Labute approximate surface area is 212 Å². The summed E-state index contributed by atoms with van der Waals surface area (Å²) in [4.78, 5) is 24.8. The predicted molar refractivity (Wildman–Crippen MR) is 135 cm³/mol. The molecule has 0 heterocycles. The highest BCUT2D eigenvalue weighted by atomic mass is 35.5. The van der Waals surface area contributed by atoms with Gasteiger partial charge in [-0.05, 0) is 60.9 Å². The highest BCUT2D eigenvalue weighted by molar-refractivity contribution is 7.93. The van der Waals surface area contributed by atoms with Crippen molar-refractivity contribution in [3.05, 3.63) is 59.1 Å². The number of ether oxygens (including phenoxy) is 2. The number of nitrogens with zero attached hydrogens (tertiary/aromatic N) is 1. The zero-order valence-electron chi connectivity index (χ0n) is 20.4. The number of para-hydroxylation sites is 1. The Morgan fingerprint density at radius 2 is 1.80 bits per heavy atom. The van der Waals surface area contributed by atoms with Crippen molar-refractivity contribution in [2.45, 2.75) is 51.0 Å². The molecule has 3 rings (SSSR count). The van der Waals surface area contributed by atoms with Crippen molar-refractivity contribution in [3.63, 3.8) is 0 Å². The average molecular weight is 522 g/mol. The van der Waals surface area contributed by atoms with Gasteiger partial charge in [0.2, 0.25) is 0 Å². The molecule has 0 aliphatic heterocycles. The van der Waals surface area contributed by atoms with Crippen molar-refractivity contribution in [1.82, 2.24) is 0 Å². The summed E-state index contributed by atoms with van der Waals surface area (Å²) < 4.78 is 38.2. The molecule has 3 unspecified atom stereocenters. The Bertz CT molecular complexity index is 1150. The monoisotopic (exact) mass is 521 g/mol. The molecule has 2 aromatic rings. The number of carbonyl (C=O) groups excluding carboxylic acids is 2. The van der Waals surface area contributed by atoms with Crippen molar-refractivity contribution in [1.29, 1.82) is 0 Å². The van der Waals surface area contributed by atoms with Crippen molar-refractivity contribution in [2.24, 2.45) is 17.8 Å². The van der Waals surface area contributed by atoms with E-state index in [1.165, 1.54) is 19.2 Å². The SMILES string of the molecule is CC1CCC(C(C)C)C(OC(=O)COC(=O)c2ccc(Cl)c(S(=O)(=O)N(C)c3ccccc3)c2)C1. The zero-order chi connectivity index (χ0) is 25.8. The number of carbonyl (C=O) groups is 2. The number of anilines is 1. The first-order valence-corrected chi connectivity index (χ1v) is 13.5. The van der Waals surface area contributed by atoms with E-state index < -0.39 is 28.6 Å². The van der Waals surface area contributed by atoms with Gasteiger partial charge in [-0.1, -0.05) is 57.0 Å². The number of esters is 2. The molecule has 0 radical (unpaired) electrons. The van der Waals surface area contributed by atoms with Crippen LogP contribution in [0.3, 0.4) is 0 Å². The summed E-state index contributed by atoms with van der Waals surface area (Å²) in [6.07, 6.45) is 2.68. The van der Waals surface area contributed by atoms with E-state index in [4.69, 9.17) is 21.1 Å². The fourth-order valence-electron chi connectivity index (χ4n) is 4.41. The van der Waals surface area contributed by atoms with Crippen LogP contribution in [-0.4, -0.2) is 40.1 Å². The van der Waals surface area contributed by atoms with Crippen molar-refractivity contribution >= 4 is 39.3 Å². The normalized spacial score (nSPS) is 20.3. The number of sulfonamides is 1. The van der Waals surface area contributed by atoms with Gasteiger partial charge in [-0.15, -0.1) is 0 Å². The first-order valence-electron chi connectivity index (χ1n) is 11.7. The molecule has 7 nitrogen and oxygen atoms in total. The molecule has 0 N–H and O–H groups in total. The molecule has 0 amide bonds. The lowest BCUT2D eigenvalue weighted by Gasteiger charge is -2.36. The van der Waals surface area contributed by atoms with Gasteiger partial charge < -0.3 is 9.47 Å². The Morgan fingerprint density at radius 3 is 2.46 bits per heavy atom. The van der Waals surface area contributed by atoms with Crippen LogP contribution >= 0.6 is 11.6 Å². The van der Waals surface area contributed by atoms with Crippen LogP contribution in [0.4, 0.5) is 5.69 Å². The molecule has 35 heavy (non-hydrogen) atoms. The molecule has 0 saturated heterocycles. The Balaban J connectivity index is 1.68. The number of hydrogen-bond acceptors (Lipinski definition) is 6. The van der Waals surface area contributed by atoms with Crippen LogP contribution in [0.25, 0.3) is 0 Å². The third-order valence-corrected chi connectivity index (χ3v) is 8.76. The number of halogens is 1. The minimum atomic E-state index is -4.05. The van der Waals surface area contributed by atoms with Gasteiger partial charge in [-0.3, -0.25) is 4.31 Å². The van der Waals surface area contributed by atoms with Crippen molar-refractivity contribution < 1.29 is 27.5 Å². The quantitative estimate of drug-likeness (QED) is 0.436. The Kier molecular flexibility index (Phi) is 8.83. The molecule has 1 saturated carbocycles. The summed E-state index contributed by atoms with van der Waals surface area (Å²) in [5, 5.41) is -0.0325. The van der Waals surface area contributed by atoms with Crippen LogP contribution < -0.4 is 4.31 Å². The lowest BCUT2D eigenvalue weighted by molar-refractivity contribution is -0.159. The third kappa shape index (κ3) is 6.55. The minimum absolute atomic E-state index is 0.0325. The molecule has 1 fully saturated rings. The molecule has 2 aromatic carbocycles. The van der Waals surface area contributed by atoms with Crippen LogP contribution in [0.15, 0.2) is 53.4 Å². The van der Waals surface area contributed by atoms with Crippen molar-refractivity contribution in [2.75, 3.05) is 18.0 Å². The topological polar surface area (TPSA) is 90.0 Å². The number of rotatable bonds is 8. The van der Waals surface area contributed by atoms with Gasteiger partial charge in [0.1, 0.15) is 11.0 Å². The maximum atomic E-state index is 13.1. The molecular weight excluding hydrogens is 490 g/mol. The van der Waals surface area contributed by atoms with Crippen LogP contribution in [0, 0.1) is 17.8 Å². The van der Waals surface area contributed by atoms with Gasteiger partial charge >= 0.3 is 11.9 Å². The van der Waals surface area contributed by atoms with E-state index in [1.807, 2.05) is 0 Å². The second kappa shape index (κ2) is 11.4. The maximum absolute atomic E-state index is 13.1. The summed E-state index contributed by atoms with van der Waals surface area (Å²) in [6.45, 7) is 5.81. The standard InChI is InChI=1S/C26H32ClNO6S/c1-17(2)21-12-10-18(3)14-23(21)34-25(29)16-33-26(30)19-11-13-22(27)24(15-19)35(31,32)28(4)20-8-6-5-7-9-20/h5-9,11,13,15,17-18,21,23H,10,12,14,16H2,1-4H3. The van der Waals surface area contributed by atoms with Gasteiger partial charge in [0.25, 0.3) is 10.0 Å². The predicted octanol–water partition coefficient (Wildman–Crippen LogP) is 5.33. The fourth-order valence-corrected chi connectivity index (χ4v) is 6.11. The van der Waals surface area contributed by atoms with E-state index in [1.54, 1.807) is 30.3 Å². The number of benzene rings is 2. The molecule has 1 aliphatic rings. The van der Waals surface area contributed by atoms with Gasteiger partial charge in [-0.2, -0.15) is 0 Å². The van der Waals surface area contributed by atoms with Gasteiger partial charge in [0.15, 0.2) is 6.61 Å². The smallest absolute Gasteiger partial charge is 0.344 e. The fraction of sp³-hybridized carbons (Fsp3) is 0.462. The molecule has 3 atom stereocenters. The summed E-state index contributed by atoms with van der Waals surface area (Å²) >= 11 is 6.17. The lowest BCUT2D eigenvalue weighted by atomic mass is 9.75. The molecule has 0 spiro atoms. The lowest BCUT2D eigenvalue weighted by Crippen LogP contribution is -2.36. The van der Waals surface area contributed by atoms with E-state index in [-0.39, 0.29) is 27.5 Å². The second-order valence-electron chi connectivity index (χ2n) is 9.38. The van der Waals surface area contributed by atoms with Crippen LogP contribution in [0.2, 0.25) is 5.02 Å². The van der Waals surface area contributed by atoms with E-state index in [0.29, 0.717) is 17.5 Å². The van der Waals surface area contributed by atoms with E-state index in [2.05, 4.69) is 20.8 Å². The molecule has 190 valence electrons. The van der Waals surface area contributed by atoms with Gasteiger partial charge in [0, 0.05) is 7.05 Å². The number of hydrogen-bond donors (Lipinski definition) is 0. The van der Waals surface area contributed by atoms with Gasteiger partial charge in [-0.25, -0.2) is 18.0 Å². The van der Waals surface area contributed by atoms with E-state index in [0.717, 1.165) is 29.6 Å².